The van der Waals surface area contributed by atoms with Crippen LogP contribution in [0.15, 0.2) is 5.16 Å². The van der Waals surface area contributed by atoms with E-state index in [2.05, 4.69) is 16.8 Å². The second-order valence-corrected chi connectivity index (χ2v) is 1.04. The van der Waals surface area contributed by atoms with Crippen LogP contribution in [-0.2, 0) is 4.79 Å². The van der Waals surface area contributed by atoms with Crippen molar-refractivity contribution in [2.45, 2.75) is 0 Å². The van der Waals surface area contributed by atoms with Crippen molar-refractivity contribution in [3.8, 4) is 0 Å². The van der Waals surface area contributed by atoms with Crippen LogP contribution in [0.4, 0.5) is 0 Å². The van der Waals surface area contributed by atoms with E-state index in [0.717, 1.165) is 0 Å². The third-order valence-corrected chi connectivity index (χ3v) is 0.486. The molecule has 0 unspecified atom stereocenters. The molecule has 0 radical (unpaired) electrons. The van der Waals surface area contributed by atoms with E-state index in [9.17, 15) is 9.90 Å². The summed E-state index contributed by atoms with van der Waals surface area (Å²) in [6.45, 7) is 0. The maximum absolute atomic E-state index is 9.40. The van der Waals surface area contributed by atoms with E-state index in [1.807, 2.05) is 0 Å². The third-order valence-electron chi connectivity index (χ3n) is 0.256. The molecule has 0 aromatic rings. The molecule has 6 heteroatoms. The van der Waals surface area contributed by atoms with E-state index in [0.29, 0.717) is 0 Å². The van der Waals surface area contributed by atoms with Gasteiger partial charge in [0.05, 0.1) is 0 Å². The fourth-order valence-corrected chi connectivity index (χ4v) is 0.0408. The van der Waals surface area contributed by atoms with Crippen LogP contribution in [0.25, 0.3) is 0 Å². The van der Waals surface area contributed by atoms with E-state index in [4.69, 9.17) is 5.21 Å². The third kappa shape index (κ3) is 5.18. The molecule has 0 saturated heterocycles. The summed E-state index contributed by atoms with van der Waals surface area (Å²) in [5.41, 5.74) is 0. The van der Waals surface area contributed by atoms with E-state index in [-0.39, 0.29) is 58.2 Å². The summed E-state index contributed by atoms with van der Waals surface area (Å²) in [7, 11) is 0. The quantitative estimate of drug-likeness (QED) is 0.269. The molecule has 1 N–H and O–H groups in total. The number of carboxylic acids is 1. The van der Waals surface area contributed by atoms with Crippen molar-refractivity contribution in [3.05, 3.63) is 0 Å². The summed E-state index contributed by atoms with van der Waals surface area (Å²) in [6.07, 6.45) is 0. The molecule has 0 heterocycles. The van der Waals surface area contributed by atoms with Crippen LogP contribution >= 0.6 is 11.6 Å². The maximum atomic E-state index is 9.40. The Hall–Kier alpha value is 1.04. The first kappa shape index (κ1) is 11.8. The van der Waals surface area contributed by atoms with Gasteiger partial charge in [-0.05, 0) is 0 Å². The van der Waals surface area contributed by atoms with Gasteiger partial charge >= 0.3 is 58.2 Å². The average molecular weight is 208 g/mol. The molecule has 4 nitrogen and oxygen atoms in total. The average Bonchev–Trinajstić information content (AvgIpc) is 1.65. The van der Waals surface area contributed by atoms with Crippen LogP contribution in [0.2, 0.25) is 0 Å². The molecular formula is C2HClNO3Rb. The Morgan fingerprint density at radius 1 is 1.75 bits per heavy atom. The molecular weight excluding hydrogens is 207 g/mol. The number of carbonyl (C=O) groups excluding carboxylic acids is 1. The Bertz CT molecular complexity index is 114. The largest absolute Gasteiger partial charge is 1.00 e. The number of carbonyl (C=O) groups is 1. The zero-order chi connectivity index (χ0) is 5.86. The van der Waals surface area contributed by atoms with Crippen LogP contribution in [0.5, 0.6) is 0 Å². The number of rotatable bonds is 1. The number of nitrogens with zero attached hydrogens (tertiary/aromatic N) is 1. The zero-order valence-electron chi connectivity index (χ0n) is 4.09. The number of oxime groups is 1. The first-order valence-electron chi connectivity index (χ1n) is 1.27. The Kier molecular flexibility index (Phi) is 9.07. The fraction of sp³-hybridized carbons (Fsp3) is 0. The van der Waals surface area contributed by atoms with Gasteiger partial charge in [0.15, 0.2) is 5.17 Å². The smallest absolute Gasteiger partial charge is 0.542 e. The predicted octanol–water partition coefficient (Wildman–Crippen LogP) is -4.23. The Balaban J connectivity index is 0. The van der Waals surface area contributed by atoms with Crippen molar-refractivity contribution >= 4 is 22.7 Å². The Morgan fingerprint density at radius 2 is 2.12 bits per heavy atom. The normalized spacial score (nSPS) is 9.88. The Labute approximate surface area is 99.3 Å². The Morgan fingerprint density at radius 3 is 2.12 bits per heavy atom. The molecule has 0 aliphatic heterocycles. The van der Waals surface area contributed by atoms with Gasteiger partial charge in [-0.25, -0.2) is 0 Å². The van der Waals surface area contributed by atoms with E-state index in [1.54, 1.807) is 0 Å². The van der Waals surface area contributed by atoms with Crippen LogP contribution in [0, 0.1) is 0 Å². The van der Waals surface area contributed by atoms with Gasteiger partial charge in [0.2, 0.25) is 0 Å². The minimum atomic E-state index is -1.69. The van der Waals surface area contributed by atoms with Gasteiger partial charge in [-0.1, -0.05) is 16.8 Å². The van der Waals surface area contributed by atoms with Crippen molar-refractivity contribution in [3.63, 3.8) is 0 Å². The molecule has 0 bridgehead atoms. The van der Waals surface area contributed by atoms with Gasteiger partial charge in [0.25, 0.3) is 0 Å². The molecule has 0 aliphatic rings. The molecule has 8 heavy (non-hydrogen) atoms. The molecule has 0 atom stereocenters. The van der Waals surface area contributed by atoms with Gasteiger partial charge < -0.3 is 15.1 Å². The summed E-state index contributed by atoms with van der Waals surface area (Å²) in [5, 5.41) is 18.1. The number of aliphatic carboxylic acids is 1. The minimum absolute atomic E-state index is 0. The molecule has 0 aromatic carbocycles. The molecule has 0 aliphatic carbocycles. The van der Waals surface area contributed by atoms with Crippen molar-refractivity contribution < 1.29 is 73.3 Å². The predicted molar refractivity (Wildman–Crippen MR) is 20.1 cm³/mol. The van der Waals surface area contributed by atoms with Gasteiger partial charge in [0.1, 0.15) is 5.97 Å². The molecule has 40 valence electrons. The van der Waals surface area contributed by atoms with Gasteiger partial charge in [-0.2, -0.15) is 0 Å². The molecule has 0 saturated carbocycles. The van der Waals surface area contributed by atoms with E-state index < -0.39 is 11.1 Å². The van der Waals surface area contributed by atoms with Crippen LogP contribution in [0.1, 0.15) is 0 Å². The number of hydrogen-bond acceptors (Lipinski definition) is 4. The number of halogens is 1. The number of carboxylic acid groups (broad SMARTS) is 1. The SMILES string of the molecule is O=C([O-])/C(Cl)=N\O.[Rb+]. The van der Waals surface area contributed by atoms with Crippen molar-refractivity contribution in [1.82, 2.24) is 0 Å². The molecule has 0 fully saturated rings. The second-order valence-electron chi connectivity index (χ2n) is 0.678. The minimum Gasteiger partial charge on any atom is -0.542 e. The van der Waals surface area contributed by atoms with Crippen LogP contribution in [0.3, 0.4) is 0 Å². The zero-order valence-corrected chi connectivity index (χ0v) is 9.76. The van der Waals surface area contributed by atoms with Crippen molar-refractivity contribution in [1.29, 1.82) is 0 Å². The standard InChI is InChI=1S/C2H2ClNO3.Rb/c3-1(4-7)2(5)6;/h7H,(H,5,6);/q;+1/p-1/b4-1+;. The van der Waals surface area contributed by atoms with Crippen molar-refractivity contribution in [2.75, 3.05) is 0 Å². The molecule has 0 amide bonds. The summed E-state index contributed by atoms with van der Waals surface area (Å²) < 4.78 is 0. The van der Waals surface area contributed by atoms with Crippen LogP contribution < -0.4 is 63.3 Å². The first-order valence-corrected chi connectivity index (χ1v) is 1.65. The summed E-state index contributed by atoms with van der Waals surface area (Å²) in [5.74, 6) is -1.69. The first-order chi connectivity index (χ1) is 3.18. The topological polar surface area (TPSA) is 72.7 Å². The summed E-state index contributed by atoms with van der Waals surface area (Å²) in [6, 6.07) is 0. The monoisotopic (exact) mass is 207 g/mol. The summed E-state index contributed by atoms with van der Waals surface area (Å²) in [4.78, 5) is 9.40. The maximum Gasteiger partial charge on any atom is 1.00 e. The van der Waals surface area contributed by atoms with Gasteiger partial charge in [0, 0.05) is 0 Å². The molecule has 0 rings (SSSR count). The number of hydrogen-bond donors (Lipinski definition) is 1. The van der Waals surface area contributed by atoms with Crippen molar-refractivity contribution in [2.24, 2.45) is 5.16 Å². The summed E-state index contributed by atoms with van der Waals surface area (Å²) >= 11 is 4.64. The van der Waals surface area contributed by atoms with E-state index in [1.165, 1.54) is 0 Å². The molecule has 0 aromatic heterocycles. The van der Waals surface area contributed by atoms with Crippen LogP contribution in [-0.4, -0.2) is 16.3 Å². The second kappa shape index (κ2) is 6.16. The molecule has 0 spiro atoms. The van der Waals surface area contributed by atoms with Gasteiger partial charge in [-0.15, -0.1) is 0 Å². The van der Waals surface area contributed by atoms with E-state index >= 15 is 0 Å². The fourth-order valence-electron chi connectivity index (χ4n) is 0.0408. The van der Waals surface area contributed by atoms with Gasteiger partial charge in [-0.3, -0.25) is 0 Å².